The van der Waals surface area contributed by atoms with Crippen LogP contribution >= 0.6 is 0 Å². The molecule has 0 spiro atoms. The molecular formula is C22H30N6O4. The molecule has 1 fully saturated rings. The normalized spacial score (nSPS) is 19.5. The number of hydrogen-bond donors (Lipinski definition) is 4. The minimum Gasteiger partial charge on any atom is -0.391 e. The van der Waals surface area contributed by atoms with Crippen molar-refractivity contribution in [3.63, 3.8) is 0 Å². The highest BCUT2D eigenvalue weighted by atomic mass is 16.3. The lowest BCUT2D eigenvalue weighted by Crippen LogP contribution is -2.54. The summed E-state index contributed by atoms with van der Waals surface area (Å²) in [5.74, 6) is -0.545. The summed E-state index contributed by atoms with van der Waals surface area (Å²) >= 11 is 0. The summed E-state index contributed by atoms with van der Waals surface area (Å²) in [6, 6.07) is 4.15. The van der Waals surface area contributed by atoms with Crippen molar-refractivity contribution in [1.82, 2.24) is 30.5 Å². The van der Waals surface area contributed by atoms with E-state index in [2.05, 4.69) is 25.6 Å². The number of pyridine rings is 1. The van der Waals surface area contributed by atoms with Crippen molar-refractivity contribution in [3.8, 4) is 0 Å². The van der Waals surface area contributed by atoms with Gasteiger partial charge in [-0.3, -0.25) is 19.4 Å². The molecule has 10 heteroatoms. The Balaban J connectivity index is 1.74. The number of carbonyl (C=O) groups is 3. The highest BCUT2D eigenvalue weighted by molar-refractivity contribution is 5.92. The molecule has 1 aliphatic heterocycles. The fourth-order valence-electron chi connectivity index (χ4n) is 3.72. The molecule has 172 valence electrons. The molecule has 1 aliphatic rings. The SMILES string of the molecule is CC(=O)N[C@H](C(=O)N1C[C@H](O)C[C@H]1c1ncc(C(=O)NCc2ccccn2)[nH]1)C(C)(C)C. The Bertz CT molecular complexity index is 968. The van der Waals surface area contributed by atoms with Crippen molar-refractivity contribution in [2.24, 2.45) is 5.41 Å². The van der Waals surface area contributed by atoms with Gasteiger partial charge in [-0.15, -0.1) is 0 Å². The summed E-state index contributed by atoms with van der Waals surface area (Å²) in [6.45, 7) is 7.35. The molecule has 2 aromatic rings. The lowest BCUT2D eigenvalue weighted by molar-refractivity contribution is -0.140. The van der Waals surface area contributed by atoms with Crippen molar-refractivity contribution in [2.75, 3.05) is 6.54 Å². The Hall–Kier alpha value is -3.27. The average molecular weight is 443 g/mol. The van der Waals surface area contributed by atoms with Crippen molar-refractivity contribution in [3.05, 3.63) is 47.8 Å². The zero-order valence-corrected chi connectivity index (χ0v) is 18.8. The van der Waals surface area contributed by atoms with E-state index < -0.39 is 23.6 Å². The van der Waals surface area contributed by atoms with Crippen LogP contribution in [0.3, 0.4) is 0 Å². The number of aliphatic hydroxyl groups excluding tert-OH is 1. The van der Waals surface area contributed by atoms with Crippen molar-refractivity contribution in [1.29, 1.82) is 0 Å². The number of β-amino-alcohol motifs (C(OH)–C–C–N with tert-alkyl or cyclic N) is 1. The number of aliphatic hydroxyl groups is 1. The lowest BCUT2D eigenvalue weighted by atomic mass is 9.85. The third-order valence-electron chi connectivity index (χ3n) is 5.33. The Labute approximate surface area is 186 Å². The summed E-state index contributed by atoms with van der Waals surface area (Å²) in [5.41, 5.74) is 0.446. The molecule has 10 nitrogen and oxygen atoms in total. The van der Waals surface area contributed by atoms with Gasteiger partial charge in [0.2, 0.25) is 11.8 Å². The number of nitrogens with zero attached hydrogens (tertiary/aromatic N) is 3. The number of carbonyl (C=O) groups excluding carboxylic acids is 3. The van der Waals surface area contributed by atoms with Crippen molar-refractivity contribution in [2.45, 2.75) is 58.8 Å². The van der Waals surface area contributed by atoms with Crippen molar-refractivity contribution >= 4 is 17.7 Å². The molecule has 0 unspecified atom stereocenters. The van der Waals surface area contributed by atoms with Gasteiger partial charge in [-0.05, 0) is 17.5 Å². The molecule has 0 aliphatic carbocycles. The highest BCUT2D eigenvalue weighted by Crippen LogP contribution is 2.33. The first-order chi connectivity index (χ1) is 15.1. The number of rotatable bonds is 6. The molecular weight excluding hydrogens is 412 g/mol. The molecule has 3 heterocycles. The third kappa shape index (κ3) is 5.50. The number of aromatic amines is 1. The van der Waals surface area contributed by atoms with E-state index in [9.17, 15) is 19.5 Å². The van der Waals surface area contributed by atoms with Crippen LogP contribution in [0.2, 0.25) is 0 Å². The fraction of sp³-hybridized carbons (Fsp3) is 0.500. The monoisotopic (exact) mass is 442 g/mol. The van der Waals surface area contributed by atoms with Crippen molar-refractivity contribution < 1.29 is 19.5 Å². The Morgan fingerprint density at radius 1 is 1.28 bits per heavy atom. The number of nitrogens with one attached hydrogen (secondary N) is 3. The van der Waals surface area contributed by atoms with Gasteiger partial charge < -0.3 is 25.6 Å². The predicted molar refractivity (Wildman–Crippen MR) is 116 cm³/mol. The second kappa shape index (κ2) is 9.47. The van der Waals surface area contributed by atoms with E-state index in [1.807, 2.05) is 32.9 Å². The minimum absolute atomic E-state index is 0.123. The van der Waals surface area contributed by atoms with E-state index in [0.29, 0.717) is 5.82 Å². The Morgan fingerprint density at radius 3 is 2.66 bits per heavy atom. The molecule has 32 heavy (non-hydrogen) atoms. The topological polar surface area (TPSA) is 140 Å². The van der Waals surface area contributed by atoms with Gasteiger partial charge in [0.25, 0.3) is 5.91 Å². The summed E-state index contributed by atoms with van der Waals surface area (Å²) in [7, 11) is 0. The van der Waals surface area contributed by atoms with E-state index in [1.165, 1.54) is 18.0 Å². The van der Waals surface area contributed by atoms with Crippen LogP contribution in [0.25, 0.3) is 0 Å². The number of likely N-dealkylation sites (tertiary alicyclic amines) is 1. The van der Waals surface area contributed by atoms with Gasteiger partial charge in [-0.1, -0.05) is 26.8 Å². The van der Waals surface area contributed by atoms with E-state index in [0.717, 1.165) is 5.69 Å². The minimum atomic E-state index is -0.760. The molecule has 0 radical (unpaired) electrons. The molecule has 2 aromatic heterocycles. The number of imidazole rings is 1. The number of H-pyrrole nitrogens is 1. The van der Waals surface area contributed by atoms with Crippen LogP contribution in [0.1, 0.15) is 62.2 Å². The molecule has 0 bridgehead atoms. The quantitative estimate of drug-likeness (QED) is 0.524. The maximum atomic E-state index is 13.3. The zero-order valence-electron chi connectivity index (χ0n) is 18.8. The second-order valence-electron chi connectivity index (χ2n) is 9.08. The fourth-order valence-corrected chi connectivity index (χ4v) is 3.72. The van der Waals surface area contributed by atoms with Gasteiger partial charge >= 0.3 is 0 Å². The molecule has 3 atom stereocenters. The predicted octanol–water partition coefficient (Wildman–Crippen LogP) is 0.920. The third-order valence-corrected chi connectivity index (χ3v) is 5.33. The molecule has 0 aromatic carbocycles. The zero-order chi connectivity index (χ0) is 23.5. The van der Waals surface area contributed by atoms with Gasteiger partial charge in [0.05, 0.1) is 30.6 Å². The van der Waals surface area contributed by atoms with Crippen LogP contribution in [-0.4, -0.2) is 61.4 Å². The Morgan fingerprint density at radius 2 is 2.03 bits per heavy atom. The lowest BCUT2D eigenvalue weighted by Gasteiger charge is -2.35. The largest absolute Gasteiger partial charge is 0.391 e. The standard InChI is InChI=1S/C22H30N6O4/c1-13(29)26-18(22(2,3)4)21(32)28-12-15(30)9-17(28)19-24-11-16(27-19)20(31)25-10-14-7-5-6-8-23-14/h5-8,11,15,17-18,30H,9-10,12H2,1-4H3,(H,24,27)(H,25,31)(H,26,29)/t15-,17+,18-/m1/s1. The van der Waals surface area contributed by atoms with E-state index in [-0.39, 0.29) is 42.9 Å². The van der Waals surface area contributed by atoms with Gasteiger partial charge in [-0.2, -0.15) is 0 Å². The van der Waals surface area contributed by atoms with Gasteiger partial charge in [-0.25, -0.2) is 4.98 Å². The Kier molecular flexibility index (Phi) is 6.93. The number of amides is 3. The molecule has 4 N–H and O–H groups in total. The summed E-state index contributed by atoms with van der Waals surface area (Å²) in [4.78, 5) is 50.5. The first-order valence-corrected chi connectivity index (χ1v) is 10.5. The van der Waals surface area contributed by atoms with Crippen LogP contribution in [0.15, 0.2) is 30.6 Å². The molecule has 1 saturated heterocycles. The molecule has 0 saturated carbocycles. The average Bonchev–Trinajstić information content (AvgIpc) is 3.36. The maximum Gasteiger partial charge on any atom is 0.269 e. The first-order valence-electron chi connectivity index (χ1n) is 10.5. The van der Waals surface area contributed by atoms with Crippen LogP contribution in [0.5, 0.6) is 0 Å². The molecule has 3 rings (SSSR count). The van der Waals surface area contributed by atoms with Crippen LogP contribution in [0.4, 0.5) is 0 Å². The van der Waals surface area contributed by atoms with Gasteiger partial charge in [0, 0.05) is 26.1 Å². The van der Waals surface area contributed by atoms with E-state index in [1.54, 1.807) is 12.3 Å². The molecule has 3 amide bonds. The van der Waals surface area contributed by atoms with Crippen LogP contribution in [0, 0.1) is 5.41 Å². The van der Waals surface area contributed by atoms with Crippen LogP contribution < -0.4 is 10.6 Å². The van der Waals surface area contributed by atoms with Crippen LogP contribution in [-0.2, 0) is 16.1 Å². The van der Waals surface area contributed by atoms with Gasteiger partial charge in [0.15, 0.2) is 0 Å². The van der Waals surface area contributed by atoms with E-state index >= 15 is 0 Å². The first kappa shape index (κ1) is 23.4. The smallest absolute Gasteiger partial charge is 0.269 e. The van der Waals surface area contributed by atoms with Gasteiger partial charge in [0.1, 0.15) is 17.6 Å². The van der Waals surface area contributed by atoms with E-state index in [4.69, 9.17) is 0 Å². The summed E-state index contributed by atoms with van der Waals surface area (Å²) in [6.07, 6.45) is 2.61. The summed E-state index contributed by atoms with van der Waals surface area (Å²) < 4.78 is 0. The maximum absolute atomic E-state index is 13.3. The second-order valence-corrected chi connectivity index (χ2v) is 9.08. The highest BCUT2D eigenvalue weighted by Gasteiger charge is 2.43. The summed E-state index contributed by atoms with van der Waals surface area (Å²) in [5, 5.41) is 15.8. The number of aromatic nitrogens is 3. The number of hydrogen-bond acceptors (Lipinski definition) is 6.